The molecule has 1 aromatic heterocycles. The van der Waals surface area contributed by atoms with Gasteiger partial charge in [0.15, 0.2) is 0 Å². The number of rotatable bonds is 8. The number of carbonyl (C=O) groups excluding carboxylic acids is 3. The van der Waals surface area contributed by atoms with Crippen LogP contribution in [0.4, 0.5) is 10.5 Å². The number of nitrogens with two attached hydrogens (primary N) is 1. The Morgan fingerprint density at radius 3 is 2.41 bits per heavy atom. The molecule has 0 aliphatic carbocycles. The molecule has 4 amide bonds. The molecule has 0 saturated carbocycles. The second kappa shape index (κ2) is 13.3. The Hall–Kier alpha value is -5.88. The van der Waals surface area contributed by atoms with Gasteiger partial charge in [-0.3, -0.25) is 14.3 Å². The van der Waals surface area contributed by atoms with Gasteiger partial charge >= 0.3 is 6.03 Å². The Kier molecular flexibility index (Phi) is 8.62. The van der Waals surface area contributed by atoms with E-state index in [0.29, 0.717) is 18.8 Å². The van der Waals surface area contributed by atoms with Gasteiger partial charge in [-0.25, -0.2) is 14.8 Å². The Morgan fingerprint density at radius 1 is 0.898 bits per heavy atom. The summed E-state index contributed by atoms with van der Waals surface area (Å²) in [5.74, 6) is -0.341. The van der Waals surface area contributed by atoms with E-state index in [1.807, 2.05) is 77.5 Å². The number of phenols is 1. The zero-order valence-corrected chi connectivity index (χ0v) is 27.1. The second-order valence-electron chi connectivity index (χ2n) is 12.5. The van der Waals surface area contributed by atoms with Crippen LogP contribution in [0, 0.1) is 0 Å². The van der Waals surface area contributed by atoms with Gasteiger partial charge in [0.2, 0.25) is 11.8 Å². The van der Waals surface area contributed by atoms with E-state index in [2.05, 4.69) is 10.4 Å². The third-order valence-electron chi connectivity index (χ3n) is 9.31. The van der Waals surface area contributed by atoms with Crippen LogP contribution in [0.5, 0.6) is 5.75 Å². The maximum absolute atomic E-state index is 14.4. The Morgan fingerprint density at radius 2 is 1.63 bits per heavy atom. The lowest BCUT2D eigenvalue weighted by Gasteiger charge is -2.54. The summed E-state index contributed by atoms with van der Waals surface area (Å²) in [5, 5.41) is 21.6. The molecule has 0 bridgehead atoms. The number of hydrazine groups is 1. The third-order valence-corrected chi connectivity index (χ3v) is 9.31. The minimum absolute atomic E-state index is 0.0565. The van der Waals surface area contributed by atoms with E-state index in [1.165, 1.54) is 0 Å². The smallest absolute Gasteiger partial charge is 0.334 e. The van der Waals surface area contributed by atoms with Crippen LogP contribution in [-0.2, 0) is 35.6 Å². The van der Waals surface area contributed by atoms with Crippen molar-refractivity contribution in [2.75, 3.05) is 25.9 Å². The number of hydrogen-bond donors (Lipinski definition) is 3. The predicted octanol–water partition coefficient (Wildman–Crippen LogP) is 3.55. The number of aromatic nitrogens is 2. The Labute approximate surface area is 283 Å². The van der Waals surface area contributed by atoms with Crippen molar-refractivity contribution in [3.05, 3.63) is 126 Å². The molecule has 12 heteroatoms. The van der Waals surface area contributed by atoms with Gasteiger partial charge in [0.1, 0.15) is 18.0 Å². The normalized spacial score (nSPS) is 18.2. The van der Waals surface area contributed by atoms with Crippen LogP contribution in [0.15, 0.2) is 103 Å². The summed E-state index contributed by atoms with van der Waals surface area (Å²) in [6.07, 6.45) is 1.28. The number of nitrogens with one attached hydrogen (secondary N) is 1. The van der Waals surface area contributed by atoms with Crippen molar-refractivity contribution in [2.45, 2.75) is 38.3 Å². The van der Waals surface area contributed by atoms with E-state index in [1.54, 1.807) is 57.3 Å². The molecule has 4 N–H and O–H groups in total. The highest BCUT2D eigenvalue weighted by Crippen LogP contribution is 2.30. The monoisotopic (exact) mass is 658 g/mol. The number of nitrogen functional groups attached to an aromatic ring is 1. The standard InChI is InChI=1S/C37H38N8O4/c1-41-24-35(47)44-33(18-25-14-16-29(46)17-15-25)36(48)42(23-34(44)45(41)37(49)39-19-26-8-3-2-4-9-26)21-27-11-7-13-32-30(27)20-40-43(32)22-28-10-5-6-12-31(28)38/h2-17,20,33-34,46H,18-19,21-24,38H2,1H3,(H,39,49)/t33-,34?/m0/s1. The van der Waals surface area contributed by atoms with E-state index in [0.717, 1.165) is 33.2 Å². The minimum Gasteiger partial charge on any atom is -0.508 e. The maximum atomic E-state index is 14.4. The largest absolute Gasteiger partial charge is 0.508 e. The van der Waals surface area contributed by atoms with E-state index in [9.17, 15) is 19.5 Å². The summed E-state index contributed by atoms with van der Waals surface area (Å²) in [6.45, 7) is 1.12. The molecular weight excluding hydrogens is 620 g/mol. The molecule has 0 spiro atoms. The summed E-state index contributed by atoms with van der Waals surface area (Å²) < 4.78 is 1.89. The fourth-order valence-corrected chi connectivity index (χ4v) is 6.83. The van der Waals surface area contributed by atoms with Gasteiger partial charge in [-0.05, 0) is 46.5 Å². The van der Waals surface area contributed by atoms with Gasteiger partial charge in [-0.15, -0.1) is 0 Å². The first-order chi connectivity index (χ1) is 23.8. The van der Waals surface area contributed by atoms with E-state index < -0.39 is 12.2 Å². The second-order valence-corrected chi connectivity index (χ2v) is 12.5. The van der Waals surface area contributed by atoms with Crippen molar-refractivity contribution in [3.8, 4) is 5.75 Å². The molecule has 2 saturated heterocycles. The molecule has 4 aromatic carbocycles. The summed E-state index contributed by atoms with van der Waals surface area (Å²) in [5.41, 5.74) is 11.4. The average Bonchev–Trinajstić information content (AvgIpc) is 3.51. The van der Waals surface area contributed by atoms with Crippen LogP contribution in [-0.4, -0.2) is 84.9 Å². The highest BCUT2D eigenvalue weighted by molar-refractivity contribution is 5.92. The summed E-state index contributed by atoms with van der Waals surface area (Å²) in [4.78, 5) is 45.2. The number of phenolic OH excluding ortho intramolecular Hbond substituents is 1. The first kappa shape index (κ1) is 31.7. The predicted molar refractivity (Wildman–Crippen MR) is 184 cm³/mol. The van der Waals surface area contributed by atoms with Crippen LogP contribution in [0.25, 0.3) is 10.9 Å². The molecule has 2 fully saturated rings. The topological polar surface area (TPSA) is 140 Å². The molecule has 0 radical (unpaired) electrons. The molecule has 3 heterocycles. The first-order valence-electron chi connectivity index (χ1n) is 16.2. The molecule has 1 unspecified atom stereocenters. The number of benzene rings is 4. The van der Waals surface area contributed by atoms with Crippen molar-refractivity contribution < 1.29 is 19.5 Å². The average molecular weight is 659 g/mol. The number of nitrogens with zero attached hydrogens (tertiary/aromatic N) is 6. The molecule has 12 nitrogen and oxygen atoms in total. The summed E-state index contributed by atoms with van der Waals surface area (Å²) in [6, 6.07) is 28.6. The fourth-order valence-electron chi connectivity index (χ4n) is 6.83. The number of anilines is 1. The molecule has 2 atom stereocenters. The van der Waals surface area contributed by atoms with Gasteiger partial charge in [-0.1, -0.05) is 72.8 Å². The third kappa shape index (κ3) is 6.38. The van der Waals surface area contributed by atoms with Crippen molar-refractivity contribution >= 4 is 34.4 Å². The molecule has 2 aliphatic rings. The number of amides is 4. The van der Waals surface area contributed by atoms with Crippen LogP contribution < -0.4 is 11.1 Å². The van der Waals surface area contributed by atoms with Gasteiger partial charge in [0.25, 0.3) is 0 Å². The number of piperazine rings is 1. The minimum atomic E-state index is -0.864. The van der Waals surface area contributed by atoms with Crippen LogP contribution >= 0.6 is 0 Å². The Balaban J connectivity index is 1.21. The molecular formula is C37H38N8O4. The molecule has 2 aliphatic heterocycles. The number of urea groups is 1. The van der Waals surface area contributed by atoms with Gasteiger partial charge < -0.3 is 26.0 Å². The summed E-state index contributed by atoms with van der Waals surface area (Å²) in [7, 11) is 1.71. The number of aromatic hydroxyl groups is 1. The number of hydrogen-bond acceptors (Lipinski definition) is 7. The molecule has 250 valence electrons. The highest BCUT2D eigenvalue weighted by Gasteiger charge is 2.50. The van der Waals surface area contributed by atoms with E-state index in [-0.39, 0.29) is 49.7 Å². The van der Waals surface area contributed by atoms with E-state index >= 15 is 0 Å². The SMILES string of the molecule is CN1CC(=O)N2C(CN(Cc3cccc4c3cnn4Cc3ccccc3N)C(=O)[C@@H]2Cc2ccc(O)cc2)N1C(=O)NCc1ccccc1. The van der Waals surface area contributed by atoms with Gasteiger partial charge in [0, 0.05) is 37.6 Å². The zero-order chi connectivity index (χ0) is 34.1. The van der Waals surface area contributed by atoms with E-state index in [4.69, 9.17) is 5.73 Å². The lowest BCUT2D eigenvalue weighted by Crippen LogP contribution is -2.76. The molecule has 49 heavy (non-hydrogen) atoms. The van der Waals surface area contributed by atoms with Gasteiger partial charge in [-0.2, -0.15) is 5.10 Å². The quantitative estimate of drug-likeness (QED) is 0.217. The van der Waals surface area contributed by atoms with Crippen LogP contribution in [0.1, 0.15) is 22.3 Å². The number of carbonyl (C=O) groups is 3. The van der Waals surface area contributed by atoms with Crippen molar-refractivity contribution in [3.63, 3.8) is 0 Å². The lowest BCUT2D eigenvalue weighted by molar-refractivity contribution is -0.187. The Bertz CT molecular complexity index is 2000. The fraction of sp³-hybridized carbons (Fsp3) is 0.243. The highest BCUT2D eigenvalue weighted by atomic mass is 16.3. The number of para-hydroxylation sites is 1. The van der Waals surface area contributed by atoms with Crippen molar-refractivity contribution in [1.29, 1.82) is 0 Å². The summed E-state index contributed by atoms with van der Waals surface area (Å²) >= 11 is 0. The van der Waals surface area contributed by atoms with Crippen LogP contribution in [0.2, 0.25) is 0 Å². The van der Waals surface area contributed by atoms with Crippen LogP contribution in [0.3, 0.4) is 0 Å². The number of fused-ring (bicyclic) bond motifs is 2. The maximum Gasteiger partial charge on any atom is 0.334 e. The lowest BCUT2D eigenvalue weighted by atomic mass is 9.98. The zero-order valence-electron chi connectivity index (χ0n) is 27.1. The van der Waals surface area contributed by atoms with Gasteiger partial charge in [0.05, 0.1) is 31.3 Å². The van der Waals surface area contributed by atoms with Crippen molar-refractivity contribution in [2.24, 2.45) is 0 Å². The molecule has 5 aromatic rings. The first-order valence-corrected chi connectivity index (χ1v) is 16.2. The van der Waals surface area contributed by atoms with Crippen molar-refractivity contribution in [1.82, 2.24) is 34.9 Å². The molecule has 7 rings (SSSR count). The number of likely N-dealkylation sites (N-methyl/N-ethyl adjacent to an activating group) is 1.